The number of benzene rings is 3. The van der Waals surface area contributed by atoms with Gasteiger partial charge in [0.25, 0.3) is 0 Å². The van der Waals surface area contributed by atoms with E-state index in [1.807, 2.05) is 48.5 Å². The predicted molar refractivity (Wildman–Crippen MR) is 113 cm³/mol. The standard InChI is InChI=1S/C21H17FIN3O/c22-15-5-3-4-14(10-15)12-27-20-7-2-1-6-17(20)21(24)18-11-16(23)8-9-19(18)25-13-26-21/h1-11,13H,12,24H2,(H,25,26). The van der Waals surface area contributed by atoms with Crippen LogP contribution in [0.3, 0.4) is 0 Å². The van der Waals surface area contributed by atoms with Gasteiger partial charge in [0, 0.05) is 20.4 Å². The van der Waals surface area contributed by atoms with Gasteiger partial charge in [0.2, 0.25) is 0 Å². The number of nitrogens with two attached hydrogens (primary N) is 1. The average Bonchev–Trinajstić information content (AvgIpc) is 2.67. The van der Waals surface area contributed by atoms with Crippen molar-refractivity contribution in [3.63, 3.8) is 0 Å². The molecular formula is C21H17FIN3O. The minimum absolute atomic E-state index is 0.242. The van der Waals surface area contributed by atoms with Crippen LogP contribution in [0.25, 0.3) is 0 Å². The van der Waals surface area contributed by atoms with Crippen LogP contribution in [0.1, 0.15) is 16.7 Å². The molecule has 136 valence electrons. The highest BCUT2D eigenvalue weighted by Gasteiger charge is 2.36. The van der Waals surface area contributed by atoms with Crippen molar-refractivity contribution in [1.82, 2.24) is 0 Å². The van der Waals surface area contributed by atoms with Crippen LogP contribution in [-0.4, -0.2) is 6.34 Å². The van der Waals surface area contributed by atoms with Crippen LogP contribution in [0.15, 0.2) is 71.7 Å². The van der Waals surface area contributed by atoms with Gasteiger partial charge in [0.15, 0.2) is 5.66 Å². The van der Waals surface area contributed by atoms with Crippen molar-refractivity contribution in [2.45, 2.75) is 12.3 Å². The van der Waals surface area contributed by atoms with Gasteiger partial charge in [0.05, 0.1) is 6.34 Å². The molecular weight excluding hydrogens is 456 g/mol. The number of halogens is 2. The topological polar surface area (TPSA) is 59.6 Å². The smallest absolute Gasteiger partial charge is 0.167 e. The first-order valence-electron chi connectivity index (χ1n) is 8.42. The SMILES string of the molecule is NC1(c2ccccc2OCc2cccc(F)c2)N=CNc2ccc(I)cc21. The number of nitrogens with one attached hydrogen (secondary N) is 1. The molecule has 27 heavy (non-hydrogen) atoms. The molecule has 0 aromatic heterocycles. The second-order valence-corrected chi connectivity index (χ2v) is 7.52. The third-order valence-electron chi connectivity index (χ3n) is 4.46. The van der Waals surface area contributed by atoms with E-state index < -0.39 is 5.66 Å². The third kappa shape index (κ3) is 3.54. The van der Waals surface area contributed by atoms with Gasteiger partial charge in [-0.05, 0) is 64.6 Å². The molecule has 0 saturated heterocycles. The van der Waals surface area contributed by atoms with E-state index in [0.29, 0.717) is 5.75 Å². The number of aliphatic imine (C=N–C) groups is 1. The Labute approximate surface area is 170 Å². The van der Waals surface area contributed by atoms with Gasteiger partial charge in [-0.2, -0.15) is 0 Å². The highest BCUT2D eigenvalue weighted by Crippen LogP contribution is 2.40. The van der Waals surface area contributed by atoms with Crippen molar-refractivity contribution in [2.24, 2.45) is 10.7 Å². The first-order chi connectivity index (χ1) is 13.1. The molecule has 0 fully saturated rings. The molecule has 1 atom stereocenters. The molecule has 0 aliphatic carbocycles. The lowest BCUT2D eigenvalue weighted by Crippen LogP contribution is -2.39. The minimum atomic E-state index is -1.07. The Balaban J connectivity index is 1.72. The molecule has 0 spiro atoms. The van der Waals surface area contributed by atoms with Crippen molar-refractivity contribution in [1.29, 1.82) is 0 Å². The lowest BCUT2D eigenvalue weighted by molar-refractivity contribution is 0.297. The summed E-state index contributed by atoms with van der Waals surface area (Å²) in [5, 5.41) is 3.14. The lowest BCUT2D eigenvalue weighted by Gasteiger charge is -2.32. The number of hydrogen-bond acceptors (Lipinski definition) is 4. The Morgan fingerprint density at radius 2 is 1.89 bits per heavy atom. The molecule has 0 radical (unpaired) electrons. The van der Waals surface area contributed by atoms with Gasteiger partial charge in [-0.15, -0.1) is 0 Å². The maximum absolute atomic E-state index is 13.4. The molecule has 1 unspecified atom stereocenters. The Bertz CT molecular complexity index is 1020. The van der Waals surface area contributed by atoms with E-state index in [-0.39, 0.29) is 12.4 Å². The molecule has 1 aliphatic heterocycles. The summed E-state index contributed by atoms with van der Waals surface area (Å²) in [6.45, 7) is 0.242. The van der Waals surface area contributed by atoms with Gasteiger partial charge in [0.1, 0.15) is 18.2 Å². The van der Waals surface area contributed by atoms with Crippen LogP contribution in [-0.2, 0) is 12.3 Å². The van der Waals surface area contributed by atoms with Crippen LogP contribution < -0.4 is 15.8 Å². The zero-order chi connectivity index (χ0) is 18.9. The molecule has 0 amide bonds. The van der Waals surface area contributed by atoms with Crippen LogP contribution in [0, 0.1) is 9.39 Å². The average molecular weight is 473 g/mol. The lowest BCUT2D eigenvalue weighted by atomic mass is 9.89. The second kappa shape index (κ2) is 7.28. The van der Waals surface area contributed by atoms with E-state index >= 15 is 0 Å². The summed E-state index contributed by atoms with van der Waals surface area (Å²) in [6, 6.07) is 19.9. The van der Waals surface area contributed by atoms with Crippen molar-refractivity contribution in [3.05, 3.63) is 92.8 Å². The molecule has 4 rings (SSSR count). The predicted octanol–water partition coefficient (Wildman–Crippen LogP) is 4.62. The van der Waals surface area contributed by atoms with E-state index in [2.05, 4.69) is 32.9 Å². The minimum Gasteiger partial charge on any atom is -0.488 e. The summed E-state index contributed by atoms with van der Waals surface area (Å²) in [7, 11) is 0. The Morgan fingerprint density at radius 1 is 1.04 bits per heavy atom. The van der Waals surface area contributed by atoms with E-state index in [0.717, 1.165) is 25.9 Å². The highest BCUT2D eigenvalue weighted by atomic mass is 127. The normalized spacial score (nSPS) is 17.9. The molecule has 1 heterocycles. The molecule has 3 N–H and O–H groups in total. The quantitative estimate of drug-likeness (QED) is 0.544. The van der Waals surface area contributed by atoms with E-state index in [9.17, 15) is 4.39 Å². The van der Waals surface area contributed by atoms with Gasteiger partial charge >= 0.3 is 0 Å². The van der Waals surface area contributed by atoms with Gasteiger partial charge in [-0.3, -0.25) is 5.73 Å². The Hall–Kier alpha value is -2.45. The maximum atomic E-state index is 13.4. The molecule has 0 saturated carbocycles. The first-order valence-corrected chi connectivity index (χ1v) is 9.50. The largest absolute Gasteiger partial charge is 0.488 e. The first kappa shape index (κ1) is 17.9. The van der Waals surface area contributed by atoms with Crippen LogP contribution in [0.2, 0.25) is 0 Å². The molecule has 0 bridgehead atoms. The fourth-order valence-electron chi connectivity index (χ4n) is 3.14. The van der Waals surface area contributed by atoms with Crippen molar-refractivity contribution < 1.29 is 9.13 Å². The van der Waals surface area contributed by atoms with Crippen molar-refractivity contribution in [2.75, 3.05) is 5.32 Å². The third-order valence-corrected chi connectivity index (χ3v) is 5.13. The summed E-state index contributed by atoms with van der Waals surface area (Å²) in [4.78, 5) is 4.54. The number of para-hydroxylation sites is 1. The van der Waals surface area contributed by atoms with Crippen molar-refractivity contribution in [3.8, 4) is 5.75 Å². The van der Waals surface area contributed by atoms with Gasteiger partial charge in [-0.1, -0.05) is 30.3 Å². The summed E-state index contributed by atoms with van der Waals surface area (Å²) in [5.41, 5.74) is 8.99. The molecule has 3 aromatic rings. The van der Waals surface area contributed by atoms with E-state index in [4.69, 9.17) is 10.5 Å². The number of hydrogen-bond donors (Lipinski definition) is 2. The maximum Gasteiger partial charge on any atom is 0.167 e. The number of fused-ring (bicyclic) bond motifs is 1. The molecule has 4 nitrogen and oxygen atoms in total. The van der Waals surface area contributed by atoms with Crippen molar-refractivity contribution >= 4 is 34.6 Å². The zero-order valence-electron chi connectivity index (χ0n) is 14.3. The fourth-order valence-corrected chi connectivity index (χ4v) is 3.63. The van der Waals surface area contributed by atoms with E-state index in [1.165, 1.54) is 12.1 Å². The Morgan fingerprint density at radius 3 is 2.74 bits per heavy atom. The summed E-state index contributed by atoms with van der Waals surface area (Å²) < 4.78 is 20.5. The fraction of sp³-hybridized carbons (Fsp3) is 0.0952. The number of rotatable bonds is 4. The number of nitrogens with zero attached hydrogens (tertiary/aromatic N) is 1. The second-order valence-electron chi connectivity index (χ2n) is 6.27. The Kier molecular flexibility index (Phi) is 4.84. The summed E-state index contributed by atoms with van der Waals surface area (Å²) >= 11 is 2.26. The van der Waals surface area contributed by atoms with Crippen LogP contribution in [0.4, 0.5) is 10.1 Å². The van der Waals surface area contributed by atoms with Crippen LogP contribution in [0.5, 0.6) is 5.75 Å². The summed E-state index contributed by atoms with van der Waals surface area (Å²) in [6.07, 6.45) is 1.61. The van der Waals surface area contributed by atoms with Gasteiger partial charge < -0.3 is 10.1 Å². The monoisotopic (exact) mass is 473 g/mol. The zero-order valence-corrected chi connectivity index (χ0v) is 16.5. The van der Waals surface area contributed by atoms with Crippen LogP contribution >= 0.6 is 22.6 Å². The number of anilines is 1. The van der Waals surface area contributed by atoms with E-state index in [1.54, 1.807) is 12.4 Å². The molecule has 1 aliphatic rings. The number of ether oxygens (including phenoxy) is 1. The highest BCUT2D eigenvalue weighted by molar-refractivity contribution is 14.1. The molecule has 6 heteroatoms. The molecule has 3 aromatic carbocycles. The van der Waals surface area contributed by atoms with Gasteiger partial charge in [-0.25, -0.2) is 9.38 Å². The summed E-state index contributed by atoms with van der Waals surface area (Å²) in [5.74, 6) is 0.333.